The molecule has 0 unspecified atom stereocenters. The van der Waals surface area contributed by atoms with Crippen LogP contribution in [0.4, 0.5) is 4.39 Å². The number of hydrogen-bond donors (Lipinski definition) is 2. The molecule has 2 aromatic rings. The van der Waals surface area contributed by atoms with Crippen LogP contribution in [0.15, 0.2) is 22.7 Å². The molecule has 21 heavy (non-hydrogen) atoms. The minimum atomic E-state index is -0.687. The van der Waals surface area contributed by atoms with E-state index in [1.807, 2.05) is 0 Å². The maximum absolute atomic E-state index is 13.3. The van der Waals surface area contributed by atoms with Gasteiger partial charge in [-0.15, -0.1) is 0 Å². The van der Waals surface area contributed by atoms with Crippen LogP contribution < -0.4 is 5.32 Å². The molecular weight excluding hydrogens is 273 g/mol. The highest BCUT2D eigenvalue weighted by atomic mass is 19.1. The first-order valence-electron chi connectivity index (χ1n) is 7.24. The standard InChI is InChI=1S/C15H18FN3O2/c16-12-9-11(2-3-13(12)20)15-18-14(21-19-15)4-1-10-5-7-17-8-6-10/h2-3,9-10,17,20H,1,4-8H2. The average Bonchev–Trinajstić information content (AvgIpc) is 2.98. The Morgan fingerprint density at radius 2 is 2.14 bits per heavy atom. The van der Waals surface area contributed by atoms with Crippen LogP contribution in [0.2, 0.25) is 0 Å². The molecule has 0 spiro atoms. The van der Waals surface area contributed by atoms with E-state index < -0.39 is 5.82 Å². The molecule has 0 radical (unpaired) electrons. The summed E-state index contributed by atoms with van der Waals surface area (Å²) in [5.74, 6) is 0.570. The van der Waals surface area contributed by atoms with Crippen molar-refractivity contribution >= 4 is 0 Å². The number of benzene rings is 1. The molecule has 0 aliphatic carbocycles. The Labute approximate surface area is 122 Å². The monoisotopic (exact) mass is 291 g/mol. The second-order valence-corrected chi connectivity index (χ2v) is 5.41. The number of rotatable bonds is 4. The van der Waals surface area contributed by atoms with Gasteiger partial charge in [0.15, 0.2) is 11.6 Å². The Morgan fingerprint density at radius 1 is 1.33 bits per heavy atom. The van der Waals surface area contributed by atoms with E-state index in [1.165, 1.54) is 25.0 Å². The number of nitrogens with one attached hydrogen (secondary N) is 1. The van der Waals surface area contributed by atoms with Crippen LogP contribution in [0, 0.1) is 11.7 Å². The van der Waals surface area contributed by atoms with Gasteiger partial charge in [0.25, 0.3) is 0 Å². The van der Waals surface area contributed by atoms with Crippen molar-refractivity contribution in [2.75, 3.05) is 13.1 Å². The van der Waals surface area contributed by atoms with Crippen molar-refractivity contribution in [2.24, 2.45) is 5.92 Å². The summed E-state index contributed by atoms with van der Waals surface area (Å²) in [6.07, 6.45) is 4.15. The molecule has 112 valence electrons. The zero-order chi connectivity index (χ0) is 14.7. The van der Waals surface area contributed by atoms with Gasteiger partial charge in [0.2, 0.25) is 11.7 Å². The van der Waals surface area contributed by atoms with Crippen LogP contribution in [0.25, 0.3) is 11.4 Å². The second kappa shape index (κ2) is 6.22. The Morgan fingerprint density at radius 3 is 2.90 bits per heavy atom. The van der Waals surface area contributed by atoms with E-state index in [4.69, 9.17) is 4.52 Å². The largest absolute Gasteiger partial charge is 0.505 e. The van der Waals surface area contributed by atoms with Crippen LogP contribution in [0.1, 0.15) is 25.2 Å². The first kappa shape index (κ1) is 14.0. The molecule has 2 N–H and O–H groups in total. The van der Waals surface area contributed by atoms with Crippen LogP contribution in [0.3, 0.4) is 0 Å². The Kier molecular flexibility index (Phi) is 4.15. The Balaban J connectivity index is 1.63. The van der Waals surface area contributed by atoms with Gasteiger partial charge in [-0.1, -0.05) is 5.16 Å². The molecule has 2 heterocycles. The number of aryl methyl sites for hydroxylation is 1. The first-order valence-corrected chi connectivity index (χ1v) is 7.24. The average molecular weight is 291 g/mol. The third-order valence-corrected chi connectivity index (χ3v) is 3.90. The summed E-state index contributed by atoms with van der Waals surface area (Å²) in [5.41, 5.74) is 0.502. The van der Waals surface area contributed by atoms with Gasteiger partial charge in [-0.25, -0.2) is 4.39 Å². The highest BCUT2D eigenvalue weighted by Crippen LogP contribution is 2.24. The molecule has 1 aliphatic heterocycles. The van der Waals surface area contributed by atoms with Crippen molar-refractivity contribution in [1.82, 2.24) is 15.5 Å². The summed E-state index contributed by atoms with van der Waals surface area (Å²) in [4.78, 5) is 4.29. The molecule has 6 heteroatoms. The first-order chi connectivity index (χ1) is 10.2. The van der Waals surface area contributed by atoms with E-state index in [2.05, 4.69) is 15.5 Å². The number of hydrogen-bond acceptors (Lipinski definition) is 5. The number of aromatic hydroxyl groups is 1. The van der Waals surface area contributed by atoms with Crippen molar-refractivity contribution in [3.8, 4) is 17.1 Å². The number of halogens is 1. The highest BCUT2D eigenvalue weighted by molar-refractivity contribution is 5.55. The van der Waals surface area contributed by atoms with Gasteiger partial charge in [0, 0.05) is 12.0 Å². The van der Waals surface area contributed by atoms with Gasteiger partial charge in [0.1, 0.15) is 0 Å². The third kappa shape index (κ3) is 3.39. The zero-order valence-corrected chi connectivity index (χ0v) is 11.7. The van der Waals surface area contributed by atoms with Crippen LogP contribution in [-0.4, -0.2) is 28.3 Å². The second-order valence-electron chi connectivity index (χ2n) is 5.41. The van der Waals surface area contributed by atoms with Crippen molar-refractivity contribution in [3.05, 3.63) is 29.9 Å². The van der Waals surface area contributed by atoms with E-state index in [1.54, 1.807) is 6.07 Å². The topological polar surface area (TPSA) is 71.2 Å². The molecule has 0 atom stereocenters. The lowest BCUT2D eigenvalue weighted by Crippen LogP contribution is -2.27. The predicted octanol–water partition coefficient (Wildman–Crippen LogP) is 2.51. The fraction of sp³-hybridized carbons (Fsp3) is 0.467. The zero-order valence-electron chi connectivity index (χ0n) is 11.7. The smallest absolute Gasteiger partial charge is 0.226 e. The molecule has 0 amide bonds. The molecule has 1 aromatic carbocycles. The normalized spacial score (nSPS) is 16.2. The van der Waals surface area contributed by atoms with Crippen molar-refractivity contribution in [3.63, 3.8) is 0 Å². The van der Waals surface area contributed by atoms with Gasteiger partial charge in [-0.3, -0.25) is 0 Å². The van der Waals surface area contributed by atoms with Crippen molar-refractivity contribution in [2.45, 2.75) is 25.7 Å². The van der Waals surface area contributed by atoms with E-state index in [0.29, 0.717) is 23.2 Å². The maximum Gasteiger partial charge on any atom is 0.226 e. The number of aromatic nitrogens is 2. The summed E-state index contributed by atoms with van der Waals surface area (Å²) < 4.78 is 18.5. The molecule has 1 aromatic heterocycles. The van der Waals surface area contributed by atoms with Gasteiger partial charge in [-0.05, 0) is 56.5 Å². The van der Waals surface area contributed by atoms with Crippen LogP contribution in [0.5, 0.6) is 5.75 Å². The fourth-order valence-electron chi connectivity index (χ4n) is 2.62. The molecule has 1 fully saturated rings. The minimum absolute atomic E-state index is 0.356. The number of piperidine rings is 1. The van der Waals surface area contributed by atoms with E-state index in [9.17, 15) is 9.50 Å². The number of nitrogens with zero attached hydrogens (tertiary/aromatic N) is 2. The Bertz CT molecular complexity index is 609. The fourth-order valence-corrected chi connectivity index (χ4v) is 2.62. The number of phenolic OH excluding ortho intramolecular Hbond substituents is 1. The summed E-state index contributed by atoms with van der Waals surface area (Å²) in [6, 6.07) is 4.06. The predicted molar refractivity (Wildman–Crippen MR) is 75.3 cm³/mol. The molecule has 1 saturated heterocycles. The maximum atomic E-state index is 13.3. The van der Waals surface area contributed by atoms with Crippen LogP contribution >= 0.6 is 0 Å². The molecular formula is C15H18FN3O2. The minimum Gasteiger partial charge on any atom is -0.505 e. The van der Waals surface area contributed by atoms with Gasteiger partial charge in [-0.2, -0.15) is 4.98 Å². The Hall–Kier alpha value is -1.95. The molecule has 0 saturated carbocycles. The molecule has 3 rings (SSSR count). The summed E-state index contributed by atoms with van der Waals surface area (Å²) in [7, 11) is 0. The van der Waals surface area contributed by atoms with Gasteiger partial charge in [0.05, 0.1) is 0 Å². The molecule has 1 aliphatic rings. The van der Waals surface area contributed by atoms with E-state index in [-0.39, 0.29) is 5.75 Å². The van der Waals surface area contributed by atoms with Crippen molar-refractivity contribution in [1.29, 1.82) is 0 Å². The third-order valence-electron chi connectivity index (χ3n) is 3.90. The van der Waals surface area contributed by atoms with E-state index in [0.717, 1.165) is 25.9 Å². The number of phenols is 1. The summed E-state index contributed by atoms with van der Waals surface area (Å²) in [6.45, 7) is 2.15. The quantitative estimate of drug-likeness (QED) is 0.905. The van der Waals surface area contributed by atoms with Gasteiger partial charge >= 0.3 is 0 Å². The SMILES string of the molecule is Oc1ccc(-c2noc(CCC3CCNCC3)n2)cc1F. The lowest BCUT2D eigenvalue weighted by Gasteiger charge is -2.21. The lowest BCUT2D eigenvalue weighted by atomic mass is 9.93. The van der Waals surface area contributed by atoms with Gasteiger partial charge < -0.3 is 14.9 Å². The van der Waals surface area contributed by atoms with Crippen molar-refractivity contribution < 1.29 is 14.0 Å². The summed E-state index contributed by atoms with van der Waals surface area (Å²) in [5, 5.41) is 16.4. The molecule has 5 nitrogen and oxygen atoms in total. The summed E-state index contributed by atoms with van der Waals surface area (Å²) >= 11 is 0. The molecule has 0 bridgehead atoms. The lowest BCUT2D eigenvalue weighted by molar-refractivity contribution is 0.324. The van der Waals surface area contributed by atoms with Crippen LogP contribution in [-0.2, 0) is 6.42 Å². The highest BCUT2D eigenvalue weighted by Gasteiger charge is 2.16. The van der Waals surface area contributed by atoms with E-state index >= 15 is 0 Å².